The fourth-order valence-corrected chi connectivity index (χ4v) is 3.57. The quantitative estimate of drug-likeness (QED) is 0.891. The van der Waals surface area contributed by atoms with Crippen LogP contribution in [0.2, 0.25) is 0 Å². The van der Waals surface area contributed by atoms with Crippen LogP contribution in [0, 0.1) is 5.92 Å². The highest BCUT2D eigenvalue weighted by atomic mass is 32.1. The van der Waals surface area contributed by atoms with Gasteiger partial charge < -0.3 is 10.2 Å². The fourth-order valence-electron chi connectivity index (χ4n) is 2.98. The van der Waals surface area contributed by atoms with Gasteiger partial charge in [-0.3, -0.25) is 9.59 Å². The van der Waals surface area contributed by atoms with Crippen LogP contribution in [0.15, 0.2) is 30.3 Å². The minimum Gasteiger partial charge on any atom is -0.342 e. The second-order valence-electron chi connectivity index (χ2n) is 6.21. The van der Waals surface area contributed by atoms with Gasteiger partial charge in [0.1, 0.15) is 0 Å². The fraction of sp³-hybridized carbons (Fsp3) is 0.444. The zero-order valence-electron chi connectivity index (χ0n) is 14.3. The Kier molecular flexibility index (Phi) is 5.75. The number of anilines is 1. The normalized spacial score (nSPS) is 17.3. The van der Waals surface area contributed by atoms with Crippen molar-refractivity contribution in [3.05, 3.63) is 30.3 Å². The first-order chi connectivity index (χ1) is 12.2. The third kappa shape index (κ3) is 4.42. The van der Waals surface area contributed by atoms with Crippen LogP contribution in [0.3, 0.4) is 0 Å². The highest BCUT2D eigenvalue weighted by Crippen LogP contribution is 2.23. The molecule has 1 aliphatic heterocycles. The zero-order valence-corrected chi connectivity index (χ0v) is 15.1. The molecule has 1 aromatic carbocycles. The van der Waals surface area contributed by atoms with E-state index in [1.807, 2.05) is 42.2 Å². The molecule has 2 amide bonds. The number of nitrogens with zero attached hydrogens (tertiary/aromatic N) is 3. The van der Waals surface area contributed by atoms with Gasteiger partial charge in [-0.1, -0.05) is 37.3 Å². The molecule has 1 aliphatic rings. The molecule has 0 bridgehead atoms. The molecule has 3 rings (SSSR count). The third-order valence-corrected chi connectivity index (χ3v) is 4.93. The van der Waals surface area contributed by atoms with E-state index in [1.165, 1.54) is 11.5 Å². The van der Waals surface area contributed by atoms with Gasteiger partial charge >= 0.3 is 0 Å². The summed E-state index contributed by atoms with van der Waals surface area (Å²) >= 11 is 1.18. The van der Waals surface area contributed by atoms with Gasteiger partial charge in [0.25, 0.3) is 0 Å². The van der Waals surface area contributed by atoms with Crippen LogP contribution in [-0.2, 0) is 9.59 Å². The second-order valence-corrected chi connectivity index (χ2v) is 6.96. The van der Waals surface area contributed by atoms with Crippen LogP contribution in [-0.4, -0.2) is 39.2 Å². The van der Waals surface area contributed by atoms with Crippen LogP contribution >= 0.6 is 11.5 Å². The summed E-state index contributed by atoms with van der Waals surface area (Å²) in [4.78, 5) is 30.8. The summed E-state index contributed by atoms with van der Waals surface area (Å²) in [6, 6.07) is 9.67. The molecule has 1 unspecified atom stereocenters. The minimum absolute atomic E-state index is 0.0789. The molecule has 1 N–H and O–H groups in total. The topological polar surface area (TPSA) is 75.2 Å². The lowest BCUT2D eigenvalue weighted by Gasteiger charge is -2.31. The van der Waals surface area contributed by atoms with Crippen LogP contribution in [0.5, 0.6) is 0 Å². The summed E-state index contributed by atoms with van der Waals surface area (Å²) in [6.07, 6.45) is 3.04. The van der Waals surface area contributed by atoms with Gasteiger partial charge in [0, 0.05) is 36.6 Å². The van der Waals surface area contributed by atoms with Crippen molar-refractivity contribution in [2.75, 3.05) is 18.4 Å². The van der Waals surface area contributed by atoms with Crippen molar-refractivity contribution in [3.63, 3.8) is 0 Å². The molecule has 0 spiro atoms. The maximum Gasteiger partial charge on any atom is 0.231 e. The number of likely N-dealkylation sites (tertiary alicyclic amines) is 1. The number of aromatic nitrogens is 2. The molecule has 0 aliphatic carbocycles. The molecule has 1 atom stereocenters. The predicted molar refractivity (Wildman–Crippen MR) is 98.2 cm³/mol. The van der Waals surface area contributed by atoms with Gasteiger partial charge in [0.05, 0.1) is 5.92 Å². The van der Waals surface area contributed by atoms with Crippen molar-refractivity contribution in [2.45, 2.75) is 32.6 Å². The number of carbonyl (C=O) groups excluding carboxylic acids is 2. The standard InChI is InChI=1S/C18H22N4O2S/c1-2-7-15(23)22-11-6-10-14(12-22)17(24)20-18-19-16(21-25-18)13-8-4-3-5-9-13/h3-5,8-9,14H,2,6-7,10-12H2,1H3,(H,19,20,21,24). The summed E-state index contributed by atoms with van der Waals surface area (Å²) in [5.41, 5.74) is 0.924. The predicted octanol–water partition coefficient (Wildman–Crippen LogP) is 3.18. The van der Waals surface area contributed by atoms with Crippen molar-refractivity contribution < 1.29 is 9.59 Å². The number of carbonyl (C=O) groups is 2. The Morgan fingerprint density at radius 3 is 2.88 bits per heavy atom. The summed E-state index contributed by atoms with van der Waals surface area (Å²) in [6.45, 7) is 3.24. The van der Waals surface area contributed by atoms with Gasteiger partial charge in [0.15, 0.2) is 5.82 Å². The van der Waals surface area contributed by atoms with E-state index >= 15 is 0 Å². The van der Waals surface area contributed by atoms with Crippen LogP contribution in [0.25, 0.3) is 11.4 Å². The van der Waals surface area contributed by atoms with Crippen molar-refractivity contribution in [1.29, 1.82) is 0 Å². The lowest BCUT2D eigenvalue weighted by Crippen LogP contribution is -2.43. The van der Waals surface area contributed by atoms with E-state index in [9.17, 15) is 9.59 Å². The highest BCUT2D eigenvalue weighted by molar-refractivity contribution is 7.10. The van der Waals surface area contributed by atoms with Gasteiger partial charge in [0.2, 0.25) is 16.9 Å². The van der Waals surface area contributed by atoms with Gasteiger partial charge in [-0.05, 0) is 19.3 Å². The first-order valence-corrected chi connectivity index (χ1v) is 9.42. The Morgan fingerprint density at radius 2 is 2.12 bits per heavy atom. The number of piperidine rings is 1. The number of amides is 2. The minimum atomic E-state index is -0.182. The lowest BCUT2D eigenvalue weighted by molar-refractivity contribution is -0.134. The van der Waals surface area contributed by atoms with E-state index in [2.05, 4.69) is 14.7 Å². The van der Waals surface area contributed by atoms with Crippen LogP contribution in [0.4, 0.5) is 5.13 Å². The molecule has 1 saturated heterocycles. The molecule has 1 aromatic heterocycles. The number of hydrogen-bond donors (Lipinski definition) is 1. The van der Waals surface area contributed by atoms with Crippen molar-refractivity contribution >= 4 is 28.5 Å². The molecule has 7 heteroatoms. The molecule has 6 nitrogen and oxygen atoms in total. The van der Waals surface area contributed by atoms with Crippen LogP contribution < -0.4 is 5.32 Å². The number of rotatable bonds is 5. The first kappa shape index (κ1) is 17.5. The van der Waals surface area contributed by atoms with E-state index in [1.54, 1.807) is 0 Å². The Bertz CT molecular complexity index is 732. The molecular weight excluding hydrogens is 336 g/mol. The van der Waals surface area contributed by atoms with Crippen LogP contribution in [0.1, 0.15) is 32.6 Å². The monoisotopic (exact) mass is 358 g/mol. The largest absolute Gasteiger partial charge is 0.342 e. The summed E-state index contributed by atoms with van der Waals surface area (Å²) in [5.74, 6) is 0.495. The molecule has 132 valence electrons. The highest BCUT2D eigenvalue weighted by Gasteiger charge is 2.28. The Morgan fingerprint density at radius 1 is 1.32 bits per heavy atom. The lowest BCUT2D eigenvalue weighted by atomic mass is 9.97. The van der Waals surface area contributed by atoms with Gasteiger partial charge in [-0.2, -0.15) is 9.36 Å². The molecule has 0 radical (unpaired) electrons. The number of benzene rings is 1. The van der Waals surface area contributed by atoms with E-state index < -0.39 is 0 Å². The van der Waals surface area contributed by atoms with Crippen molar-refractivity contribution in [3.8, 4) is 11.4 Å². The summed E-state index contributed by atoms with van der Waals surface area (Å²) in [7, 11) is 0. The summed E-state index contributed by atoms with van der Waals surface area (Å²) in [5, 5.41) is 3.36. The number of nitrogens with one attached hydrogen (secondary N) is 1. The molecule has 2 aromatic rings. The Labute approximate surface area is 151 Å². The third-order valence-electron chi connectivity index (χ3n) is 4.30. The molecule has 0 saturated carbocycles. The number of hydrogen-bond acceptors (Lipinski definition) is 5. The molecule has 1 fully saturated rings. The second kappa shape index (κ2) is 8.20. The van der Waals surface area contributed by atoms with Crippen molar-refractivity contribution in [1.82, 2.24) is 14.3 Å². The summed E-state index contributed by atoms with van der Waals surface area (Å²) < 4.78 is 4.30. The van der Waals surface area contributed by atoms with Gasteiger partial charge in [-0.25, -0.2) is 0 Å². The Balaban J connectivity index is 1.60. The average Bonchev–Trinajstić information content (AvgIpc) is 3.11. The smallest absolute Gasteiger partial charge is 0.231 e. The van der Waals surface area contributed by atoms with Gasteiger partial charge in [-0.15, -0.1) is 0 Å². The van der Waals surface area contributed by atoms with Crippen molar-refractivity contribution in [2.24, 2.45) is 5.92 Å². The molecular formula is C18H22N4O2S. The Hall–Kier alpha value is -2.28. The molecule has 2 heterocycles. The maximum absolute atomic E-state index is 12.5. The van der Waals surface area contributed by atoms with E-state index in [-0.39, 0.29) is 17.7 Å². The first-order valence-electron chi connectivity index (χ1n) is 8.65. The van der Waals surface area contributed by atoms with E-state index in [0.717, 1.165) is 31.4 Å². The zero-order chi connectivity index (χ0) is 17.6. The average molecular weight is 358 g/mol. The maximum atomic E-state index is 12.5. The van der Waals surface area contributed by atoms with E-state index in [4.69, 9.17) is 0 Å². The molecule has 25 heavy (non-hydrogen) atoms. The SMILES string of the molecule is CCCC(=O)N1CCCC(C(=O)Nc2nc(-c3ccccc3)ns2)C1. The van der Waals surface area contributed by atoms with E-state index in [0.29, 0.717) is 23.9 Å².